The Balaban J connectivity index is 1.91. The summed E-state index contributed by atoms with van der Waals surface area (Å²) in [4.78, 5) is 8.58. The standard InChI is InChI=1S/C16H19N5O4/c1-5-12-17-9-21(19-12)8-13-18-16(20-25-13)10-6-7-11(22-2)15(24-4)14(10)23-3/h6-7,9H,5,8H2,1-4H3. The summed E-state index contributed by atoms with van der Waals surface area (Å²) in [6, 6.07) is 3.55. The zero-order chi connectivity index (χ0) is 17.8. The maximum atomic E-state index is 5.46. The maximum absolute atomic E-state index is 5.46. The van der Waals surface area contributed by atoms with Crippen LogP contribution < -0.4 is 14.2 Å². The van der Waals surface area contributed by atoms with Gasteiger partial charge in [0.05, 0.1) is 26.9 Å². The van der Waals surface area contributed by atoms with Crippen molar-refractivity contribution in [2.24, 2.45) is 0 Å². The van der Waals surface area contributed by atoms with Crippen molar-refractivity contribution in [2.45, 2.75) is 19.9 Å². The zero-order valence-electron chi connectivity index (χ0n) is 14.5. The van der Waals surface area contributed by atoms with Crippen molar-refractivity contribution in [1.82, 2.24) is 24.9 Å². The molecule has 0 spiro atoms. The van der Waals surface area contributed by atoms with Crippen LogP contribution >= 0.6 is 0 Å². The highest BCUT2D eigenvalue weighted by Gasteiger charge is 2.20. The molecule has 1 aromatic carbocycles. The van der Waals surface area contributed by atoms with E-state index in [0.29, 0.717) is 41.1 Å². The summed E-state index contributed by atoms with van der Waals surface area (Å²) >= 11 is 0. The van der Waals surface area contributed by atoms with E-state index in [2.05, 4.69) is 20.2 Å². The topological polar surface area (TPSA) is 97.3 Å². The van der Waals surface area contributed by atoms with Gasteiger partial charge in [-0.25, -0.2) is 9.67 Å². The van der Waals surface area contributed by atoms with Gasteiger partial charge in [-0.2, -0.15) is 10.1 Å². The smallest absolute Gasteiger partial charge is 0.248 e. The molecule has 0 aliphatic rings. The molecule has 0 aliphatic heterocycles. The molecule has 132 valence electrons. The molecule has 0 fully saturated rings. The molecule has 0 radical (unpaired) electrons. The first-order valence-corrected chi connectivity index (χ1v) is 7.70. The summed E-state index contributed by atoms with van der Waals surface area (Å²) in [5, 5.41) is 8.33. The van der Waals surface area contributed by atoms with Gasteiger partial charge in [0.1, 0.15) is 18.7 Å². The molecule has 0 saturated heterocycles. The van der Waals surface area contributed by atoms with Gasteiger partial charge < -0.3 is 18.7 Å². The molecule has 9 heteroatoms. The molecule has 3 rings (SSSR count). The Kier molecular flexibility index (Phi) is 4.82. The number of hydrogen-bond donors (Lipinski definition) is 0. The summed E-state index contributed by atoms with van der Waals surface area (Å²) in [6.45, 7) is 2.34. The van der Waals surface area contributed by atoms with E-state index < -0.39 is 0 Å². The van der Waals surface area contributed by atoms with Gasteiger partial charge in [0.15, 0.2) is 11.5 Å². The second kappa shape index (κ2) is 7.20. The minimum atomic E-state index is 0.343. The van der Waals surface area contributed by atoms with Crippen molar-refractivity contribution in [3.63, 3.8) is 0 Å². The first-order chi connectivity index (χ1) is 12.2. The molecule has 0 atom stereocenters. The van der Waals surface area contributed by atoms with Gasteiger partial charge in [0.2, 0.25) is 17.5 Å². The summed E-state index contributed by atoms with van der Waals surface area (Å²) in [5.74, 6) is 3.08. The predicted octanol–water partition coefficient (Wildman–Crippen LogP) is 1.96. The molecule has 0 saturated carbocycles. The third-order valence-corrected chi connectivity index (χ3v) is 3.61. The van der Waals surface area contributed by atoms with Crippen LogP contribution in [0.4, 0.5) is 0 Å². The Morgan fingerprint density at radius 2 is 1.88 bits per heavy atom. The van der Waals surface area contributed by atoms with Gasteiger partial charge in [-0.1, -0.05) is 12.1 Å². The SMILES string of the molecule is CCc1ncn(Cc2nc(-c3ccc(OC)c(OC)c3OC)no2)n1. The number of benzene rings is 1. The van der Waals surface area contributed by atoms with Gasteiger partial charge in [-0.05, 0) is 12.1 Å². The first kappa shape index (κ1) is 16.7. The fraction of sp³-hybridized carbons (Fsp3) is 0.375. The molecular formula is C16H19N5O4. The van der Waals surface area contributed by atoms with Gasteiger partial charge in [-0.3, -0.25) is 0 Å². The number of nitrogens with zero attached hydrogens (tertiary/aromatic N) is 5. The van der Waals surface area contributed by atoms with Crippen LogP contribution in [0.15, 0.2) is 23.0 Å². The number of methoxy groups -OCH3 is 3. The number of aryl methyl sites for hydroxylation is 1. The minimum Gasteiger partial charge on any atom is -0.493 e. The van der Waals surface area contributed by atoms with E-state index in [-0.39, 0.29) is 0 Å². The van der Waals surface area contributed by atoms with Crippen LogP contribution in [0, 0.1) is 0 Å². The fourth-order valence-corrected chi connectivity index (χ4v) is 2.42. The van der Waals surface area contributed by atoms with E-state index in [4.69, 9.17) is 18.7 Å². The van der Waals surface area contributed by atoms with E-state index >= 15 is 0 Å². The molecule has 0 unspecified atom stereocenters. The third kappa shape index (κ3) is 3.25. The van der Waals surface area contributed by atoms with Gasteiger partial charge in [-0.15, -0.1) is 0 Å². The zero-order valence-corrected chi connectivity index (χ0v) is 14.5. The summed E-state index contributed by atoms with van der Waals surface area (Å²) in [5.41, 5.74) is 0.642. The van der Waals surface area contributed by atoms with Crippen molar-refractivity contribution < 1.29 is 18.7 Å². The molecule has 25 heavy (non-hydrogen) atoms. The third-order valence-electron chi connectivity index (χ3n) is 3.61. The molecule has 2 heterocycles. The maximum Gasteiger partial charge on any atom is 0.248 e. The number of rotatable bonds is 7. The van der Waals surface area contributed by atoms with Gasteiger partial charge >= 0.3 is 0 Å². The van der Waals surface area contributed by atoms with Crippen molar-refractivity contribution in [3.8, 4) is 28.6 Å². The van der Waals surface area contributed by atoms with Crippen LogP contribution in [0.3, 0.4) is 0 Å². The molecule has 0 aliphatic carbocycles. The highest BCUT2D eigenvalue weighted by atomic mass is 16.5. The largest absolute Gasteiger partial charge is 0.493 e. The predicted molar refractivity (Wildman–Crippen MR) is 87.9 cm³/mol. The van der Waals surface area contributed by atoms with Crippen LogP contribution in [0.25, 0.3) is 11.4 Å². The molecule has 0 bridgehead atoms. The van der Waals surface area contributed by atoms with Crippen molar-refractivity contribution >= 4 is 0 Å². The Morgan fingerprint density at radius 3 is 2.52 bits per heavy atom. The lowest BCUT2D eigenvalue weighted by molar-refractivity contribution is 0.325. The minimum absolute atomic E-state index is 0.343. The highest BCUT2D eigenvalue weighted by molar-refractivity contribution is 5.71. The second-order valence-corrected chi connectivity index (χ2v) is 5.11. The van der Waals surface area contributed by atoms with Gasteiger partial charge in [0.25, 0.3) is 0 Å². The Morgan fingerprint density at radius 1 is 1.08 bits per heavy atom. The van der Waals surface area contributed by atoms with E-state index in [9.17, 15) is 0 Å². The molecule has 9 nitrogen and oxygen atoms in total. The van der Waals surface area contributed by atoms with Crippen LogP contribution in [0.2, 0.25) is 0 Å². The average Bonchev–Trinajstić information content (AvgIpc) is 3.29. The summed E-state index contributed by atoms with van der Waals surface area (Å²) in [7, 11) is 4.65. The van der Waals surface area contributed by atoms with Crippen LogP contribution in [0.5, 0.6) is 17.2 Å². The highest BCUT2D eigenvalue weighted by Crippen LogP contribution is 2.43. The quantitative estimate of drug-likeness (QED) is 0.641. The van der Waals surface area contributed by atoms with Gasteiger partial charge in [0, 0.05) is 6.42 Å². The van der Waals surface area contributed by atoms with Crippen molar-refractivity contribution in [3.05, 3.63) is 30.2 Å². The average molecular weight is 345 g/mol. The monoisotopic (exact) mass is 345 g/mol. The van der Waals surface area contributed by atoms with Crippen LogP contribution in [0.1, 0.15) is 18.6 Å². The summed E-state index contributed by atoms with van der Waals surface area (Å²) in [6.07, 6.45) is 2.41. The van der Waals surface area contributed by atoms with E-state index in [1.807, 2.05) is 6.92 Å². The Hall–Kier alpha value is -3.10. The van der Waals surface area contributed by atoms with Crippen molar-refractivity contribution in [1.29, 1.82) is 0 Å². The lowest BCUT2D eigenvalue weighted by Crippen LogP contribution is -2.01. The fourth-order valence-electron chi connectivity index (χ4n) is 2.42. The Bertz CT molecular complexity index is 858. The van der Waals surface area contributed by atoms with Crippen molar-refractivity contribution in [2.75, 3.05) is 21.3 Å². The van der Waals surface area contributed by atoms with Crippen LogP contribution in [-0.4, -0.2) is 46.2 Å². The number of aromatic nitrogens is 5. The normalized spacial score (nSPS) is 10.7. The second-order valence-electron chi connectivity index (χ2n) is 5.11. The lowest BCUT2D eigenvalue weighted by atomic mass is 10.1. The molecule has 0 N–H and O–H groups in total. The van der Waals surface area contributed by atoms with E-state index in [1.165, 1.54) is 0 Å². The first-order valence-electron chi connectivity index (χ1n) is 7.70. The summed E-state index contributed by atoms with van der Waals surface area (Å²) < 4.78 is 23.1. The van der Waals surface area contributed by atoms with Crippen LogP contribution in [-0.2, 0) is 13.0 Å². The number of hydrogen-bond acceptors (Lipinski definition) is 8. The lowest BCUT2D eigenvalue weighted by Gasteiger charge is -2.13. The van der Waals surface area contributed by atoms with E-state index in [1.54, 1.807) is 44.5 Å². The van der Waals surface area contributed by atoms with E-state index in [0.717, 1.165) is 12.2 Å². The Labute approximate surface area is 144 Å². The molecule has 0 amide bonds. The molecule has 2 aromatic heterocycles. The molecule has 3 aromatic rings. The number of ether oxygens (including phenoxy) is 3. The molecular weight excluding hydrogens is 326 g/mol.